The van der Waals surface area contributed by atoms with Crippen LogP contribution in [0.15, 0.2) is 30.7 Å². The summed E-state index contributed by atoms with van der Waals surface area (Å²) in [5.74, 6) is 0. The van der Waals surface area contributed by atoms with E-state index < -0.39 is 6.04 Å². The van der Waals surface area contributed by atoms with Crippen molar-refractivity contribution >= 4 is 0 Å². The maximum absolute atomic E-state index is 9.10. The van der Waals surface area contributed by atoms with Gasteiger partial charge in [0.25, 0.3) is 0 Å². The van der Waals surface area contributed by atoms with Crippen molar-refractivity contribution in [2.24, 2.45) is 5.73 Å². The van der Waals surface area contributed by atoms with Gasteiger partial charge in [0.15, 0.2) is 0 Å². The summed E-state index contributed by atoms with van der Waals surface area (Å²) >= 11 is 0. The molecule has 0 bridgehead atoms. The average Bonchev–Trinajstić information content (AvgIpc) is 2.95. The minimum atomic E-state index is -0.552. The summed E-state index contributed by atoms with van der Waals surface area (Å²) in [5.41, 5.74) is 7.69. The Labute approximate surface area is 110 Å². The Morgan fingerprint density at radius 1 is 1.32 bits per heavy atom. The standard InChI is InChI=1S/C13H11N5O/c14-4-9-1-2-11(3-10(9)5-15)18-8-17-6-13(18)12(16)7-19/h1-3,6,8,12,19H,7,16H2. The van der Waals surface area contributed by atoms with Crippen LogP contribution < -0.4 is 5.73 Å². The molecule has 3 N–H and O–H groups in total. The lowest BCUT2D eigenvalue weighted by Gasteiger charge is -2.12. The topological polar surface area (TPSA) is 112 Å². The first-order valence-electron chi connectivity index (χ1n) is 5.54. The summed E-state index contributed by atoms with van der Waals surface area (Å²) in [5, 5.41) is 27.0. The van der Waals surface area contributed by atoms with E-state index in [0.29, 0.717) is 16.9 Å². The lowest BCUT2D eigenvalue weighted by atomic mass is 10.1. The van der Waals surface area contributed by atoms with Crippen LogP contribution in [0.3, 0.4) is 0 Å². The molecule has 94 valence electrons. The molecule has 1 heterocycles. The second-order valence-electron chi connectivity index (χ2n) is 3.93. The van der Waals surface area contributed by atoms with E-state index in [9.17, 15) is 0 Å². The summed E-state index contributed by atoms with van der Waals surface area (Å²) in [6.07, 6.45) is 3.11. The molecule has 1 aromatic carbocycles. The van der Waals surface area contributed by atoms with E-state index in [1.165, 1.54) is 0 Å². The Hall–Kier alpha value is -2.67. The van der Waals surface area contributed by atoms with Gasteiger partial charge in [-0.1, -0.05) is 0 Å². The predicted octanol–water partition coefficient (Wildman–Crippen LogP) is 0.608. The van der Waals surface area contributed by atoms with Gasteiger partial charge in [-0.15, -0.1) is 0 Å². The van der Waals surface area contributed by atoms with Crippen LogP contribution >= 0.6 is 0 Å². The van der Waals surface area contributed by atoms with Crippen molar-refractivity contribution in [3.63, 3.8) is 0 Å². The molecule has 1 aromatic heterocycles. The summed E-state index contributed by atoms with van der Waals surface area (Å²) in [7, 11) is 0. The van der Waals surface area contributed by atoms with Gasteiger partial charge >= 0.3 is 0 Å². The van der Waals surface area contributed by atoms with Crippen molar-refractivity contribution in [3.8, 4) is 17.8 Å². The van der Waals surface area contributed by atoms with E-state index in [2.05, 4.69) is 4.98 Å². The van der Waals surface area contributed by atoms with Crippen LogP contribution in [0.4, 0.5) is 0 Å². The van der Waals surface area contributed by atoms with Gasteiger partial charge in [-0.05, 0) is 18.2 Å². The minimum absolute atomic E-state index is 0.201. The number of aliphatic hydroxyl groups excluding tert-OH is 1. The van der Waals surface area contributed by atoms with Crippen molar-refractivity contribution in [2.45, 2.75) is 6.04 Å². The Kier molecular flexibility index (Phi) is 3.58. The summed E-state index contributed by atoms with van der Waals surface area (Å²) in [6, 6.07) is 8.24. The van der Waals surface area contributed by atoms with E-state index in [0.717, 1.165) is 0 Å². The largest absolute Gasteiger partial charge is 0.394 e. The van der Waals surface area contributed by atoms with Crippen LogP contribution in [0.1, 0.15) is 22.9 Å². The number of aromatic nitrogens is 2. The van der Waals surface area contributed by atoms with Gasteiger partial charge in [-0.3, -0.25) is 0 Å². The molecule has 0 aliphatic carbocycles. The van der Waals surface area contributed by atoms with Gasteiger partial charge in [0.1, 0.15) is 12.1 Å². The van der Waals surface area contributed by atoms with E-state index in [1.807, 2.05) is 12.1 Å². The van der Waals surface area contributed by atoms with Gasteiger partial charge in [-0.2, -0.15) is 10.5 Å². The van der Waals surface area contributed by atoms with Crippen molar-refractivity contribution in [1.29, 1.82) is 10.5 Å². The van der Waals surface area contributed by atoms with E-state index in [4.69, 9.17) is 21.4 Å². The normalized spacial score (nSPS) is 11.6. The van der Waals surface area contributed by atoms with Gasteiger partial charge in [0.05, 0.1) is 42.0 Å². The third-order valence-corrected chi connectivity index (χ3v) is 2.77. The Bertz CT molecular complexity index is 677. The summed E-state index contributed by atoms with van der Waals surface area (Å²) in [6.45, 7) is -0.201. The van der Waals surface area contributed by atoms with E-state index >= 15 is 0 Å². The highest BCUT2D eigenvalue weighted by molar-refractivity contribution is 5.52. The zero-order valence-electron chi connectivity index (χ0n) is 9.98. The summed E-state index contributed by atoms with van der Waals surface area (Å²) < 4.78 is 1.68. The molecular formula is C13H11N5O. The number of nitriles is 2. The molecule has 0 aliphatic heterocycles. The zero-order valence-corrected chi connectivity index (χ0v) is 9.98. The number of hydrogen-bond donors (Lipinski definition) is 2. The molecule has 1 atom stereocenters. The van der Waals surface area contributed by atoms with Crippen molar-refractivity contribution in [3.05, 3.63) is 47.5 Å². The Morgan fingerprint density at radius 3 is 2.68 bits per heavy atom. The fourth-order valence-electron chi connectivity index (χ4n) is 1.76. The van der Waals surface area contributed by atoms with Crippen LogP contribution in [0.2, 0.25) is 0 Å². The molecule has 0 aliphatic rings. The van der Waals surface area contributed by atoms with Gasteiger partial charge in [-0.25, -0.2) is 4.98 Å². The lowest BCUT2D eigenvalue weighted by Crippen LogP contribution is -2.18. The number of rotatable bonds is 3. The molecule has 0 saturated carbocycles. The molecule has 0 fully saturated rings. The minimum Gasteiger partial charge on any atom is -0.394 e. The van der Waals surface area contributed by atoms with Gasteiger partial charge in [0, 0.05) is 5.69 Å². The number of benzene rings is 1. The zero-order chi connectivity index (χ0) is 13.8. The summed E-state index contributed by atoms with van der Waals surface area (Å²) in [4.78, 5) is 3.99. The second kappa shape index (κ2) is 5.32. The third-order valence-electron chi connectivity index (χ3n) is 2.77. The third kappa shape index (κ3) is 2.31. The molecule has 0 spiro atoms. The van der Waals surface area contributed by atoms with Crippen molar-refractivity contribution in [2.75, 3.05) is 6.61 Å². The molecule has 6 nitrogen and oxygen atoms in total. The number of imidazole rings is 1. The van der Waals surface area contributed by atoms with E-state index in [1.54, 1.807) is 35.3 Å². The molecule has 0 amide bonds. The fourth-order valence-corrected chi connectivity index (χ4v) is 1.76. The molecule has 0 radical (unpaired) electrons. The predicted molar refractivity (Wildman–Crippen MR) is 67.0 cm³/mol. The number of aliphatic hydroxyl groups is 1. The Morgan fingerprint density at radius 2 is 2.05 bits per heavy atom. The van der Waals surface area contributed by atoms with Gasteiger partial charge in [0.2, 0.25) is 0 Å². The lowest BCUT2D eigenvalue weighted by molar-refractivity contribution is 0.265. The molecule has 2 aromatic rings. The van der Waals surface area contributed by atoms with Crippen LogP contribution in [0.25, 0.3) is 5.69 Å². The molecule has 19 heavy (non-hydrogen) atoms. The number of nitrogens with two attached hydrogens (primary N) is 1. The first-order chi connectivity index (χ1) is 9.21. The maximum atomic E-state index is 9.10. The van der Waals surface area contributed by atoms with Gasteiger partial charge < -0.3 is 15.4 Å². The maximum Gasteiger partial charge on any atom is 0.101 e. The molecule has 0 saturated heterocycles. The fraction of sp³-hybridized carbons (Fsp3) is 0.154. The van der Waals surface area contributed by atoms with Crippen LogP contribution in [-0.2, 0) is 0 Å². The molecular weight excluding hydrogens is 242 g/mol. The molecule has 2 rings (SSSR count). The Balaban J connectivity index is 2.53. The highest BCUT2D eigenvalue weighted by Gasteiger charge is 2.13. The quantitative estimate of drug-likeness (QED) is 0.832. The number of nitrogens with zero attached hydrogens (tertiary/aromatic N) is 4. The smallest absolute Gasteiger partial charge is 0.101 e. The average molecular weight is 253 g/mol. The van der Waals surface area contributed by atoms with Crippen LogP contribution in [0.5, 0.6) is 0 Å². The monoisotopic (exact) mass is 253 g/mol. The SMILES string of the molecule is N#Cc1ccc(-n2cncc2C(N)CO)cc1C#N. The molecule has 1 unspecified atom stereocenters. The van der Waals surface area contributed by atoms with Crippen molar-refractivity contribution in [1.82, 2.24) is 9.55 Å². The highest BCUT2D eigenvalue weighted by Crippen LogP contribution is 2.19. The molecule has 6 heteroatoms. The highest BCUT2D eigenvalue weighted by atomic mass is 16.3. The van der Waals surface area contributed by atoms with Crippen LogP contribution in [-0.4, -0.2) is 21.3 Å². The number of hydrogen-bond acceptors (Lipinski definition) is 5. The first kappa shape index (κ1) is 12.8. The van der Waals surface area contributed by atoms with Crippen LogP contribution in [0, 0.1) is 22.7 Å². The second-order valence-corrected chi connectivity index (χ2v) is 3.93. The van der Waals surface area contributed by atoms with E-state index in [-0.39, 0.29) is 12.2 Å². The first-order valence-corrected chi connectivity index (χ1v) is 5.54. The van der Waals surface area contributed by atoms with Crippen molar-refractivity contribution < 1.29 is 5.11 Å².